The van der Waals surface area contributed by atoms with Crippen molar-refractivity contribution in [2.45, 2.75) is 51.6 Å². The Morgan fingerprint density at radius 1 is 1.06 bits per heavy atom. The van der Waals surface area contributed by atoms with Crippen LogP contribution in [0.2, 0.25) is 0 Å². The number of rotatable bonds is 18. The van der Waals surface area contributed by atoms with Crippen molar-refractivity contribution in [3.05, 3.63) is 23.8 Å². The summed E-state index contributed by atoms with van der Waals surface area (Å²) >= 11 is 0. The van der Waals surface area contributed by atoms with Crippen molar-refractivity contribution in [2.75, 3.05) is 47.5 Å². The zero-order chi connectivity index (χ0) is 25.6. The second-order valence-corrected chi connectivity index (χ2v) is 10.4. The fraction of sp³-hybridized carbons (Fsp3) is 0.652. The Morgan fingerprint density at radius 3 is 2.09 bits per heavy atom. The number of phosphoric acid groups is 1. The van der Waals surface area contributed by atoms with E-state index in [1.54, 1.807) is 18.2 Å². The van der Waals surface area contributed by atoms with E-state index in [0.29, 0.717) is 47.6 Å². The number of carboxylic acids is 1. The Kier molecular flexibility index (Phi) is 15.4. The van der Waals surface area contributed by atoms with Crippen LogP contribution in [0.15, 0.2) is 18.2 Å². The zero-order valence-corrected chi connectivity index (χ0v) is 21.9. The molecule has 35 heavy (non-hydrogen) atoms. The molecule has 1 aromatic carbocycles. The number of likely N-dealkylation sites (N-methyl/N-ethyl adjacent to an activating group) is 1. The third kappa shape index (κ3) is 16.2. The van der Waals surface area contributed by atoms with E-state index < -0.39 is 26.3 Å². The molecular weight excluding hydrogens is 479 g/mol. The maximum absolute atomic E-state index is 12.2. The van der Waals surface area contributed by atoms with E-state index in [2.05, 4.69) is 13.0 Å². The number of hydrogen-bond donors (Lipinski definition) is 2. The van der Waals surface area contributed by atoms with E-state index in [1.165, 1.54) is 0 Å². The van der Waals surface area contributed by atoms with Gasteiger partial charge in [-0.2, -0.15) is 5.26 Å². The second-order valence-electron chi connectivity index (χ2n) is 9.02. The van der Waals surface area contributed by atoms with Gasteiger partial charge in [0.1, 0.15) is 24.1 Å². The van der Waals surface area contributed by atoms with Crippen molar-refractivity contribution in [3.8, 4) is 17.6 Å². The lowest BCUT2D eigenvalue weighted by Crippen LogP contribution is -2.42. The van der Waals surface area contributed by atoms with Crippen LogP contribution in [0.3, 0.4) is 0 Å². The van der Waals surface area contributed by atoms with Crippen LogP contribution in [0.5, 0.6) is 11.5 Å². The molecule has 0 saturated heterocycles. The van der Waals surface area contributed by atoms with Gasteiger partial charge < -0.3 is 29.4 Å². The molecule has 0 aliphatic heterocycles. The molecule has 3 N–H and O–H groups in total. The molecule has 0 amide bonds. The van der Waals surface area contributed by atoms with Crippen molar-refractivity contribution in [2.24, 2.45) is 0 Å². The Labute approximate surface area is 207 Å². The predicted octanol–water partition coefficient (Wildman–Crippen LogP) is 3.79. The molecule has 0 aliphatic carbocycles. The van der Waals surface area contributed by atoms with Gasteiger partial charge in [0.2, 0.25) is 0 Å². The van der Waals surface area contributed by atoms with Crippen LogP contribution < -0.4 is 9.47 Å². The van der Waals surface area contributed by atoms with Gasteiger partial charge in [0.05, 0.1) is 59.0 Å². The number of aliphatic carboxylic acids is 1. The van der Waals surface area contributed by atoms with Crippen LogP contribution >= 0.6 is 7.82 Å². The molecular formula is C23H39N2O9P. The summed E-state index contributed by atoms with van der Waals surface area (Å²) in [5.41, 5.74) is 0.439. The normalized spacial score (nSPS) is 13.7. The van der Waals surface area contributed by atoms with Crippen molar-refractivity contribution < 1.29 is 47.8 Å². The van der Waals surface area contributed by atoms with Gasteiger partial charge in [-0.15, -0.1) is 0 Å². The first kappa shape index (κ1) is 32.8. The third-order valence-corrected chi connectivity index (χ3v) is 5.60. The molecule has 0 heterocycles. The maximum atomic E-state index is 12.2. The number of phosphoric ester groups is 1. The lowest BCUT2D eigenvalue weighted by Gasteiger charge is -2.29. The quantitative estimate of drug-likeness (QED) is 0.166. The standard InChI is InChI=1S/C23H37N2O8P.H2O/c1-5-6-7-10-30-20-13-19(17-24)14-21(15-20)31-11-8-9-12-32-34(28,29)33-22(16-23(26)27)18-25(2,3)4;/h13-15,22H,5-12,16,18H2,1-4H3,(H-,26,27,28,29);1H2/t22-;/m1./s1. The number of nitrogens with zero attached hydrogens (tertiary/aromatic N) is 2. The maximum Gasteiger partial charge on any atom is 0.472 e. The number of carboxylic acid groups (broad SMARTS) is 1. The van der Waals surface area contributed by atoms with Crippen molar-refractivity contribution in [1.29, 1.82) is 5.26 Å². The second kappa shape index (κ2) is 16.5. The van der Waals surface area contributed by atoms with Gasteiger partial charge in [-0.25, -0.2) is 4.57 Å². The summed E-state index contributed by atoms with van der Waals surface area (Å²) in [6, 6.07) is 7.11. The lowest BCUT2D eigenvalue weighted by molar-refractivity contribution is -0.873. The summed E-state index contributed by atoms with van der Waals surface area (Å²) in [4.78, 5) is 21.0. The molecule has 0 bridgehead atoms. The number of benzene rings is 1. The highest BCUT2D eigenvalue weighted by Crippen LogP contribution is 2.45. The highest BCUT2D eigenvalue weighted by molar-refractivity contribution is 7.47. The van der Waals surface area contributed by atoms with Crippen LogP contribution in [0.25, 0.3) is 0 Å². The van der Waals surface area contributed by atoms with E-state index in [1.807, 2.05) is 21.1 Å². The lowest BCUT2D eigenvalue weighted by atomic mass is 10.2. The molecule has 0 aliphatic rings. The molecule has 200 valence electrons. The topological polar surface area (TPSA) is 165 Å². The van der Waals surface area contributed by atoms with Crippen molar-refractivity contribution in [3.63, 3.8) is 0 Å². The minimum atomic E-state index is -4.40. The predicted molar refractivity (Wildman–Crippen MR) is 129 cm³/mol. The van der Waals surface area contributed by atoms with E-state index in [9.17, 15) is 19.5 Å². The highest BCUT2D eigenvalue weighted by Gasteiger charge is 2.31. The number of quaternary nitrogens is 1. The van der Waals surface area contributed by atoms with Gasteiger partial charge in [-0.3, -0.25) is 13.8 Å². The van der Waals surface area contributed by atoms with Crippen LogP contribution in [-0.4, -0.2) is 79.5 Å². The fourth-order valence-electron chi connectivity index (χ4n) is 3.08. The summed E-state index contributed by atoms with van der Waals surface area (Å²) in [6.07, 6.45) is 2.70. The first-order chi connectivity index (χ1) is 15.9. The molecule has 1 unspecified atom stereocenters. The average molecular weight is 519 g/mol. The minimum absolute atomic E-state index is 0. The van der Waals surface area contributed by atoms with Gasteiger partial charge in [0, 0.05) is 6.07 Å². The smallest absolute Gasteiger partial charge is 0.472 e. The van der Waals surface area contributed by atoms with Gasteiger partial charge in [0.25, 0.3) is 0 Å². The number of ether oxygens (including phenoxy) is 2. The van der Waals surface area contributed by atoms with Crippen LogP contribution in [0.4, 0.5) is 0 Å². The minimum Gasteiger partial charge on any atom is -0.870 e. The van der Waals surface area contributed by atoms with Gasteiger partial charge in [0.15, 0.2) is 0 Å². The largest absolute Gasteiger partial charge is 0.870 e. The summed E-state index contributed by atoms with van der Waals surface area (Å²) in [5.74, 6) is -0.0272. The molecule has 0 fully saturated rings. The molecule has 1 aromatic rings. The number of carbonyl (C=O) groups is 1. The Hall–Kier alpha value is -2.19. The van der Waals surface area contributed by atoms with E-state index in [-0.39, 0.29) is 18.6 Å². The first-order valence-electron chi connectivity index (χ1n) is 11.4. The highest BCUT2D eigenvalue weighted by atomic mass is 31.2. The monoisotopic (exact) mass is 518 g/mol. The van der Waals surface area contributed by atoms with E-state index in [0.717, 1.165) is 19.3 Å². The van der Waals surface area contributed by atoms with Crippen LogP contribution in [0.1, 0.15) is 51.0 Å². The summed E-state index contributed by atoms with van der Waals surface area (Å²) in [6.45, 7) is 3.19. The summed E-state index contributed by atoms with van der Waals surface area (Å²) < 4.78 is 34.1. The average Bonchev–Trinajstić information content (AvgIpc) is 2.71. The van der Waals surface area contributed by atoms with Gasteiger partial charge in [-0.05, 0) is 31.4 Å². The summed E-state index contributed by atoms with van der Waals surface area (Å²) in [7, 11) is 1.09. The van der Waals surface area contributed by atoms with Gasteiger partial charge in [-0.1, -0.05) is 19.8 Å². The SMILES string of the molecule is CCCCCOc1cc(C#N)cc(OCCCCOP(=O)(O)O[C@H](CC(=O)O)C[N+](C)(C)C)c1.[OH-]. The van der Waals surface area contributed by atoms with Crippen molar-refractivity contribution in [1.82, 2.24) is 0 Å². The Balaban J connectivity index is 0.0000116. The molecule has 1 rings (SSSR count). The molecule has 0 aromatic heterocycles. The zero-order valence-electron chi connectivity index (χ0n) is 21.0. The van der Waals surface area contributed by atoms with Crippen LogP contribution in [-0.2, 0) is 18.4 Å². The van der Waals surface area contributed by atoms with Gasteiger partial charge >= 0.3 is 13.8 Å². The molecule has 2 atom stereocenters. The first-order valence-corrected chi connectivity index (χ1v) is 12.9. The number of hydrogen-bond acceptors (Lipinski definition) is 8. The molecule has 12 heteroatoms. The Morgan fingerprint density at radius 2 is 1.60 bits per heavy atom. The number of unbranched alkanes of at least 4 members (excludes halogenated alkanes) is 3. The van der Waals surface area contributed by atoms with E-state index in [4.69, 9.17) is 23.6 Å². The molecule has 0 radical (unpaired) electrons. The molecule has 0 saturated carbocycles. The Bertz CT molecular complexity index is 852. The summed E-state index contributed by atoms with van der Waals surface area (Å²) in [5, 5.41) is 18.2. The van der Waals surface area contributed by atoms with Crippen LogP contribution in [0, 0.1) is 11.3 Å². The molecule has 0 spiro atoms. The van der Waals surface area contributed by atoms with E-state index >= 15 is 0 Å². The third-order valence-electron chi connectivity index (χ3n) is 4.52. The fourth-order valence-corrected chi connectivity index (χ4v) is 4.02. The van der Waals surface area contributed by atoms with Crippen molar-refractivity contribution >= 4 is 13.8 Å². The number of nitriles is 1. The molecule has 11 nitrogen and oxygen atoms in total.